The van der Waals surface area contributed by atoms with Crippen molar-refractivity contribution in [1.82, 2.24) is 0 Å². The van der Waals surface area contributed by atoms with Crippen molar-refractivity contribution in [3.8, 4) is 0 Å². The molecule has 2 bridgehead atoms. The Balaban J connectivity index is 1.50. The van der Waals surface area contributed by atoms with Crippen LogP contribution >= 0.6 is 0 Å². The van der Waals surface area contributed by atoms with Crippen molar-refractivity contribution in [3.05, 3.63) is 24.2 Å². The summed E-state index contributed by atoms with van der Waals surface area (Å²) in [5.74, 6) is -7.50. The molecule has 15 heteroatoms. The number of carbonyl (C=O) groups excluding carboxylic acids is 6. The summed E-state index contributed by atoms with van der Waals surface area (Å²) in [7, 11) is 0. The Labute approximate surface area is 313 Å². The monoisotopic (exact) mass is 758 g/mol. The van der Waals surface area contributed by atoms with E-state index in [2.05, 4.69) is 0 Å². The van der Waals surface area contributed by atoms with E-state index < -0.39 is 129 Å². The standard InChI is InChI=1S/C39H50O15/c1-10-17(2)33(46)53-34-35(7)24-14-25(44)37(9)29(38(24,16-48-34)32(52-21(6)43)28(49-18(3)40)31(35)51-20(5)42)27(45)30(50-19(4)41)36(8)23(22-11-12-47-15-22)13-26-39(36,37)54-26/h11-12,15,17,23-26,28-32,34,44H,10,13-14,16H2,1-9H3. The molecule has 2 aliphatic heterocycles. The maximum Gasteiger partial charge on any atom is 0.310 e. The summed E-state index contributed by atoms with van der Waals surface area (Å²) >= 11 is 0. The van der Waals surface area contributed by atoms with Crippen LogP contribution < -0.4 is 0 Å². The van der Waals surface area contributed by atoms with E-state index in [0.717, 1.165) is 26.3 Å². The number of ketones is 1. The van der Waals surface area contributed by atoms with Gasteiger partial charge in [-0.15, -0.1) is 0 Å². The molecule has 2 saturated heterocycles. The van der Waals surface area contributed by atoms with Crippen LogP contribution in [0.3, 0.4) is 0 Å². The molecule has 4 saturated carbocycles. The van der Waals surface area contributed by atoms with Gasteiger partial charge in [0.1, 0.15) is 5.60 Å². The average Bonchev–Trinajstić information content (AvgIpc) is 3.45. The molecule has 15 nitrogen and oxygen atoms in total. The van der Waals surface area contributed by atoms with Crippen molar-refractivity contribution in [2.24, 2.45) is 39.4 Å². The van der Waals surface area contributed by atoms with Crippen LogP contribution in [0, 0.1) is 39.4 Å². The summed E-state index contributed by atoms with van der Waals surface area (Å²) in [6, 6.07) is 1.79. The third kappa shape index (κ3) is 4.76. The fourth-order valence-corrected chi connectivity index (χ4v) is 12.2. The van der Waals surface area contributed by atoms with Crippen molar-refractivity contribution in [2.75, 3.05) is 6.61 Å². The molecule has 16 unspecified atom stereocenters. The van der Waals surface area contributed by atoms with E-state index in [-0.39, 0.29) is 13.0 Å². The molecule has 4 aliphatic carbocycles. The number of aliphatic hydroxyl groups is 1. The summed E-state index contributed by atoms with van der Waals surface area (Å²) in [6.45, 7) is 13.1. The van der Waals surface area contributed by atoms with E-state index in [0.29, 0.717) is 12.8 Å². The molecule has 296 valence electrons. The average molecular weight is 759 g/mol. The minimum absolute atomic E-state index is 0.0810. The van der Waals surface area contributed by atoms with Crippen LogP contribution in [-0.4, -0.2) is 95.9 Å². The molecule has 0 aromatic carbocycles. The van der Waals surface area contributed by atoms with Crippen molar-refractivity contribution < 1.29 is 71.4 Å². The molecule has 7 rings (SSSR count). The highest BCUT2D eigenvalue weighted by Gasteiger charge is 2.93. The number of hydrogen-bond donors (Lipinski definition) is 1. The number of Topliss-reactive ketones (excluding diaryl/α,β-unsaturated/α-hetero) is 1. The summed E-state index contributed by atoms with van der Waals surface area (Å²) < 4.78 is 48.9. The number of carbonyl (C=O) groups is 6. The third-order valence-electron chi connectivity index (χ3n) is 14.4. The SMILES string of the molecule is CCC(C)C(=O)OC1OCC23C(OC(C)=O)C(OC(C)=O)C(OC(C)=O)C1(C)C2CC(O)C1(C)C3C(=O)C(OC(C)=O)C2(C)C(c3ccoc3)CC3OC321. The molecule has 6 aliphatic rings. The van der Waals surface area contributed by atoms with Crippen LogP contribution in [0.15, 0.2) is 23.0 Å². The highest BCUT2D eigenvalue weighted by molar-refractivity contribution is 5.93. The zero-order valence-electron chi connectivity index (χ0n) is 32.1. The summed E-state index contributed by atoms with van der Waals surface area (Å²) in [4.78, 5) is 81.2. The van der Waals surface area contributed by atoms with Gasteiger partial charge in [-0.2, -0.15) is 0 Å². The van der Waals surface area contributed by atoms with Crippen LogP contribution in [-0.2, 0) is 61.9 Å². The number of epoxide rings is 1. The van der Waals surface area contributed by atoms with Gasteiger partial charge in [-0.05, 0) is 43.7 Å². The van der Waals surface area contributed by atoms with Crippen LogP contribution in [0.25, 0.3) is 0 Å². The second-order valence-corrected chi connectivity index (χ2v) is 16.9. The van der Waals surface area contributed by atoms with Gasteiger partial charge in [-0.1, -0.05) is 27.7 Å². The molecule has 1 aromatic heterocycles. The van der Waals surface area contributed by atoms with Gasteiger partial charge in [0.25, 0.3) is 0 Å². The first-order valence-corrected chi connectivity index (χ1v) is 18.7. The van der Waals surface area contributed by atoms with Gasteiger partial charge in [0.05, 0.1) is 48.1 Å². The van der Waals surface area contributed by atoms with Crippen LogP contribution in [0.5, 0.6) is 0 Å². The lowest BCUT2D eigenvalue weighted by Gasteiger charge is -2.73. The quantitative estimate of drug-likeness (QED) is 0.230. The molecule has 3 heterocycles. The number of esters is 5. The van der Waals surface area contributed by atoms with Gasteiger partial charge < -0.3 is 42.7 Å². The molecule has 54 heavy (non-hydrogen) atoms. The van der Waals surface area contributed by atoms with Crippen LogP contribution in [0.4, 0.5) is 0 Å². The molecular weight excluding hydrogens is 708 g/mol. The Morgan fingerprint density at radius 1 is 0.889 bits per heavy atom. The van der Waals surface area contributed by atoms with E-state index in [1.165, 1.54) is 13.2 Å². The molecule has 1 aromatic rings. The van der Waals surface area contributed by atoms with E-state index in [4.69, 9.17) is 37.6 Å². The third-order valence-corrected chi connectivity index (χ3v) is 14.4. The zero-order chi connectivity index (χ0) is 39.5. The fraction of sp³-hybridized carbons (Fsp3) is 0.744. The summed E-state index contributed by atoms with van der Waals surface area (Å²) in [5, 5.41) is 12.8. The maximum atomic E-state index is 15.8. The lowest BCUT2D eigenvalue weighted by Crippen LogP contribution is -2.85. The Morgan fingerprint density at radius 2 is 1.52 bits per heavy atom. The number of hydrogen-bond acceptors (Lipinski definition) is 15. The Bertz CT molecular complexity index is 1760. The van der Waals surface area contributed by atoms with E-state index in [9.17, 15) is 29.1 Å². The molecule has 16 atom stereocenters. The van der Waals surface area contributed by atoms with Gasteiger partial charge in [0.2, 0.25) is 6.29 Å². The van der Waals surface area contributed by atoms with Gasteiger partial charge in [-0.3, -0.25) is 28.8 Å². The van der Waals surface area contributed by atoms with Crippen molar-refractivity contribution in [3.63, 3.8) is 0 Å². The van der Waals surface area contributed by atoms with Gasteiger partial charge in [0.15, 0.2) is 30.2 Å². The second-order valence-electron chi connectivity index (χ2n) is 16.9. The normalized spacial score (nSPS) is 46.0. The van der Waals surface area contributed by atoms with Crippen molar-refractivity contribution in [2.45, 2.75) is 136 Å². The molecule has 1 N–H and O–H groups in total. The Morgan fingerprint density at radius 3 is 2.09 bits per heavy atom. The van der Waals surface area contributed by atoms with Crippen molar-refractivity contribution in [1.29, 1.82) is 0 Å². The first kappa shape index (κ1) is 38.5. The predicted octanol–water partition coefficient (Wildman–Crippen LogP) is 3.18. The minimum atomic E-state index is -1.65. The Hall–Kier alpha value is -3.82. The maximum absolute atomic E-state index is 15.8. The fourth-order valence-electron chi connectivity index (χ4n) is 12.2. The van der Waals surface area contributed by atoms with Gasteiger partial charge >= 0.3 is 29.8 Å². The molecule has 0 amide bonds. The molecule has 0 radical (unpaired) electrons. The number of rotatable bonds is 8. The highest BCUT2D eigenvalue weighted by atomic mass is 16.7. The number of furan rings is 1. The lowest BCUT2D eigenvalue weighted by atomic mass is 9.33. The van der Waals surface area contributed by atoms with E-state index >= 15 is 4.79 Å². The first-order valence-electron chi connectivity index (χ1n) is 18.7. The zero-order valence-corrected chi connectivity index (χ0v) is 32.1. The topological polar surface area (TPSA) is 204 Å². The molecular formula is C39H50O15. The van der Waals surface area contributed by atoms with E-state index in [1.54, 1.807) is 33.1 Å². The number of fused-ring (bicyclic) bond motifs is 1. The molecule has 6 fully saturated rings. The smallest absolute Gasteiger partial charge is 0.310 e. The lowest BCUT2D eigenvalue weighted by molar-refractivity contribution is -0.391. The largest absolute Gasteiger partial charge is 0.472 e. The first-order chi connectivity index (χ1) is 25.3. The predicted molar refractivity (Wildman–Crippen MR) is 181 cm³/mol. The highest BCUT2D eigenvalue weighted by Crippen LogP contribution is 2.83. The van der Waals surface area contributed by atoms with Gasteiger partial charge in [-0.25, -0.2) is 0 Å². The molecule has 1 spiro atoms. The van der Waals surface area contributed by atoms with Gasteiger partial charge in [0, 0.05) is 50.4 Å². The number of aliphatic hydroxyl groups excluding tert-OH is 1. The number of ether oxygens (including phenoxy) is 7. The van der Waals surface area contributed by atoms with Crippen LogP contribution in [0.1, 0.15) is 93.1 Å². The second kappa shape index (κ2) is 12.6. The van der Waals surface area contributed by atoms with E-state index in [1.807, 2.05) is 13.8 Å². The summed E-state index contributed by atoms with van der Waals surface area (Å²) in [6.07, 6.45) is -5.23. The summed E-state index contributed by atoms with van der Waals surface area (Å²) in [5.41, 5.74) is -6.42. The Kier molecular flexibility index (Phi) is 8.97. The van der Waals surface area contributed by atoms with Crippen LogP contribution in [0.2, 0.25) is 0 Å². The van der Waals surface area contributed by atoms with Crippen molar-refractivity contribution >= 4 is 35.6 Å². The minimum Gasteiger partial charge on any atom is -0.472 e.